The topological polar surface area (TPSA) is 112 Å². The number of carboxylic acid groups (broad SMARTS) is 3. The summed E-state index contributed by atoms with van der Waals surface area (Å²) in [5.41, 5.74) is -3.01. The fourth-order valence-corrected chi connectivity index (χ4v) is 1.41. The summed E-state index contributed by atoms with van der Waals surface area (Å²) in [6, 6.07) is 0. The van der Waals surface area contributed by atoms with Gasteiger partial charge in [-0.25, -0.2) is 4.79 Å². The quantitative estimate of drug-likeness (QED) is 0.572. The molecular formula is C9H8O6. The van der Waals surface area contributed by atoms with E-state index in [2.05, 4.69) is 0 Å². The molecule has 6 heteroatoms. The molecule has 0 saturated carbocycles. The minimum Gasteiger partial charge on any atom is -0.480 e. The molecule has 0 amide bonds. The third-order valence-electron chi connectivity index (χ3n) is 2.24. The molecule has 80 valence electrons. The molecule has 0 unspecified atom stereocenters. The third-order valence-corrected chi connectivity index (χ3v) is 2.24. The average molecular weight is 212 g/mol. The fourth-order valence-electron chi connectivity index (χ4n) is 1.41. The smallest absolute Gasteiger partial charge is 0.333 e. The van der Waals surface area contributed by atoms with E-state index in [-0.39, 0.29) is 6.42 Å². The van der Waals surface area contributed by atoms with E-state index in [9.17, 15) is 14.4 Å². The second kappa shape index (κ2) is 3.56. The Morgan fingerprint density at radius 1 is 1.13 bits per heavy atom. The highest BCUT2D eigenvalue weighted by Crippen LogP contribution is 2.35. The predicted molar refractivity (Wildman–Crippen MR) is 47.2 cm³/mol. The van der Waals surface area contributed by atoms with Gasteiger partial charge in [-0.1, -0.05) is 18.2 Å². The normalized spacial score (nSPS) is 18.0. The van der Waals surface area contributed by atoms with Gasteiger partial charge in [0, 0.05) is 0 Å². The molecule has 0 atom stereocenters. The van der Waals surface area contributed by atoms with Crippen molar-refractivity contribution in [3.8, 4) is 0 Å². The zero-order valence-electron chi connectivity index (χ0n) is 7.51. The van der Waals surface area contributed by atoms with E-state index in [4.69, 9.17) is 15.3 Å². The van der Waals surface area contributed by atoms with Gasteiger partial charge in [-0.05, 0) is 6.42 Å². The molecule has 1 aliphatic carbocycles. The molecule has 0 aliphatic heterocycles. The van der Waals surface area contributed by atoms with Gasteiger partial charge in [-0.15, -0.1) is 0 Å². The van der Waals surface area contributed by atoms with Crippen LogP contribution in [0.4, 0.5) is 0 Å². The SMILES string of the molecule is O=C(O)C1=CC=CCC1(C(=O)O)C(=O)O. The molecule has 0 bridgehead atoms. The van der Waals surface area contributed by atoms with Gasteiger partial charge in [-0.2, -0.15) is 0 Å². The van der Waals surface area contributed by atoms with Crippen LogP contribution in [0.5, 0.6) is 0 Å². The van der Waals surface area contributed by atoms with Gasteiger partial charge in [0.15, 0.2) is 5.41 Å². The Balaban J connectivity index is 3.36. The van der Waals surface area contributed by atoms with Gasteiger partial charge in [-0.3, -0.25) is 9.59 Å². The van der Waals surface area contributed by atoms with Crippen molar-refractivity contribution in [3.63, 3.8) is 0 Å². The lowest BCUT2D eigenvalue weighted by molar-refractivity contribution is -0.163. The Labute approximate surface area is 84.1 Å². The minimum atomic E-state index is -2.37. The summed E-state index contributed by atoms with van der Waals surface area (Å²) in [4.78, 5) is 32.6. The summed E-state index contributed by atoms with van der Waals surface area (Å²) in [6.07, 6.45) is 3.27. The number of hydrogen-bond acceptors (Lipinski definition) is 3. The highest BCUT2D eigenvalue weighted by atomic mass is 16.4. The number of aliphatic carboxylic acids is 3. The van der Waals surface area contributed by atoms with Gasteiger partial charge < -0.3 is 15.3 Å². The maximum Gasteiger partial charge on any atom is 0.333 e. The molecule has 15 heavy (non-hydrogen) atoms. The van der Waals surface area contributed by atoms with Crippen LogP contribution < -0.4 is 0 Å². The van der Waals surface area contributed by atoms with Crippen LogP contribution in [0.1, 0.15) is 6.42 Å². The average Bonchev–Trinajstić information content (AvgIpc) is 2.16. The van der Waals surface area contributed by atoms with Gasteiger partial charge >= 0.3 is 17.9 Å². The Kier molecular flexibility index (Phi) is 2.61. The van der Waals surface area contributed by atoms with Gasteiger partial charge in [0.25, 0.3) is 0 Å². The summed E-state index contributed by atoms with van der Waals surface area (Å²) >= 11 is 0. The van der Waals surface area contributed by atoms with Crippen LogP contribution in [0.2, 0.25) is 0 Å². The molecular weight excluding hydrogens is 204 g/mol. The maximum absolute atomic E-state index is 10.9. The van der Waals surface area contributed by atoms with Crippen molar-refractivity contribution in [1.82, 2.24) is 0 Å². The van der Waals surface area contributed by atoms with Crippen molar-refractivity contribution in [3.05, 3.63) is 23.8 Å². The zero-order chi connectivity index (χ0) is 11.6. The van der Waals surface area contributed by atoms with E-state index in [0.29, 0.717) is 0 Å². The van der Waals surface area contributed by atoms with Crippen molar-refractivity contribution in [2.75, 3.05) is 0 Å². The molecule has 1 rings (SSSR count). The first kappa shape index (κ1) is 11.0. The summed E-state index contributed by atoms with van der Waals surface area (Å²) < 4.78 is 0. The van der Waals surface area contributed by atoms with E-state index in [1.807, 2.05) is 0 Å². The van der Waals surface area contributed by atoms with E-state index in [1.165, 1.54) is 12.2 Å². The van der Waals surface area contributed by atoms with E-state index in [0.717, 1.165) is 6.08 Å². The first-order valence-corrected chi connectivity index (χ1v) is 4.00. The number of allylic oxidation sites excluding steroid dienone is 3. The molecule has 0 spiro atoms. The first-order valence-electron chi connectivity index (χ1n) is 4.00. The van der Waals surface area contributed by atoms with Gasteiger partial charge in [0.2, 0.25) is 0 Å². The van der Waals surface area contributed by atoms with Crippen molar-refractivity contribution in [1.29, 1.82) is 0 Å². The summed E-state index contributed by atoms with van der Waals surface area (Å²) in [6.45, 7) is 0. The monoisotopic (exact) mass is 212 g/mol. The van der Waals surface area contributed by atoms with Crippen molar-refractivity contribution in [2.24, 2.45) is 5.41 Å². The van der Waals surface area contributed by atoms with Crippen LogP contribution in [-0.2, 0) is 14.4 Å². The Hall–Kier alpha value is -2.11. The van der Waals surface area contributed by atoms with Crippen molar-refractivity contribution in [2.45, 2.75) is 6.42 Å². The lowest BCUT2D eigenvalue weighted by atomic mass is 9.74. The van der Waals surface area contributed by atoms with Crippen molar-refractivity contribution < 1.29 is 29.7 Å². The van der Waals surface area contributed by atoms with Crippen LogP contribution in [0, 0.1) is 5.41 Å². The van der Waals surface area contributed by atoms with Crippen LogP contribution >= 0.6 is 0 Å². The summed E-state index contributed by atoms with van der Waals surface area (Å²) in [5, 5.41) is 26.5. The van der Waals surface area contributed by atoms with E-state index in [1.54, 1.807) is 0 Å². The standard InChI is InChI=1S/C9H8O6/c10-6(11)5-3-1-2-4-9(5,7(12)13)8(14)15/h1-3H,4H2,(H,10,11)(H,12,13)(H,14,15). The van der Waals surface area contributed by atoms with Crippen LogP contribution in [0.15, 0.2) is 23.8 Å². The third kappa shape index (κ3) is 1.50. The minimum absolute atomic E-state index is 0.365. The lowest BCUT2D eigenvalue weighted by Crippen LogP contribution is -2.43. The van der Waals surface area contributed by atoms with Crippen LogP contribution in [0.25, 0.3) is 0 Å². The molecule has 0 fully saturated rings. The summed E-state index contributed by atoms with van der Waals surface area (Å²) in [5.74, 6) is -4.88. The molecule has 0 saturated heterocycles. The molecule has 0 heterocycles. The number of carboxylic acids is 3. The zero-order valence-corrected chi connectivity index (χ0v) is 7.51. The summed E-state index contributed by atoms with van der Waals surface area (Å²) in [7, 11) is 0. The highest BCUT2D eigenvalue weighted by molar-refractivity contribution is 6.10. The molecule has 0 aromatic heterocycles. The molecule has 6 nitrogen and oxygen atoms in total. The van der Waals surface area contributed by atoms with Crippen LogP contribution in [-0.4, -0.2) is 33.2 Å². The first-order chi connectivity index (χ1) is 6.93. The maximum atomic E-state index is 10.9. The second-order valence-corrected chi connectivity index (χ2v) is 3.03. The van der Waals surface area contributed by atoms with Gasteiger partial charge in [0.1, 0.15) is 0 Å². The number of rotatable bonds is 3. The van der Waals surface area contributed by atoms with E-state index < -0.39 is 28.9 Å². The largest absolute Gasteiger partial charge is 0.480 e. The Morgan fingerprint density at radius 2 is 1.67 bits per heavy atom. The molecule has 1 aliphatic rings. The molecule has 3 N–H and O–H groups in total. The number of carbonyl (C=O) groups is 3. The lowest BCUT2D eigenvalue weighted by Gasteiger charge is -2.25. The fraction of sp³-hybridized carbons (Fsp3) is 0.222. The number of hydrogen-bond donors (Lipinski definition) is 3. The Morgan fingerprint density at radius 3 is 2.00 bits per heavy atom. The second-order valence-electron chi connectivity index (χ2n) is 3.03. The Bertz CT molecular complexity index is 375. The van der Waals surface area contributed by atoms with Gasteiger partial charge in [0.05, 0.1) is 5.57 Å². The molecule has 0 radical (unpaired) electrons. The molecule has 0 aromatic rings. The molecule has 0 aromatic carbocycles. The highest BCUT2D eigenvalue weighted by Gasteiger charge is 2.52. The van der Waals surface area contributed by atoms with Crippen LogP contribution in [0.3, 0.4) is 0 Å². The van der Waals surface area contributed by atoms with E-state index >= 15 is 0 Å². The predicted octanol–water partition coefficient (Wildman–Crippen LogP) is 0.113. The van der Waals surface area contributed by atoms with Crippen molar-refractivity contribution >= 4 is 17.9 Å².